The Morgan fingerprint density at radius 3 is 2.29 bits per heavy atom. The zero-order valence-corrected chi connectivity index (χ0v) is 10.1. The van der Waals surface area contributed by atoms with E-state index in [0.717, 1.165) is 38.4 Å². The number of morpholine rings is 1. The number of benzene rings is 1. The first kappa shape index (κ1) is 12.5. The van der Waals surface area contributed by atoms with Crippen molar-refractivity contribution in [1.82, 2.24) is 4.90 Å². The van der Waals surface area contributed by atoms with E-state index in [1.54, 1.807) is 12.1 Å². The molecule has 0 bridgehead atoms. The standard InChI is InChI=1S/C11H14FNO3S/c12-17(14,15)11-3-1-10(2-4-11)9-13-5-7-16-8-6-13/h1-4H,5-9H2. The van der Waals surface area contributed by atoms with Gasteiger partial charge in [-0.1, -0.05) is 12.1 Å². The SMILES string of the molecule is O=S(=O)(F)c1ccc(CN2CCOCC2)cc1. The van der Waals surface area contributed by atoms with Crippen LogP contribution in [0.25, 0.3) is 0 Å². The molecule has 1 heterocycles. The molecular formula is C11H14FNO3S. The number of hydrogen-bond donors (Lipinski definition) is 0. The van der Waals surface area contributed by atoms with Crippen LogP contribution >= 0.6 is 0 Å². The third-order valence-electron chi connectivity index (χ3n) is 2.71. The van der Waals surface area contributed by atoms with Crippen molar-refractivity contribution in [2.45, 2.75) is 11.4 Å². The van der Waals surface area contributed by atoms with Crippen LogP contribution < -0.4 is 0 Å². The van der Waals surface area contributed by atoms with Crippen LogP contribution in [0, 0.1) is 0 Å². The van der Waals surface area contributed by atoms with Gasteiger partial charge in [0.1, 0.15) is 0 Å². The highest BCUT2D eigenvalue weighted by Crippen LogP contribution is 2.14. The summed E-state index contributed by atoms with van der Waals surface area (Å²) in [5, 5.41) is 0. The Bertz CT molecular complexity index is 466. The van der Waals surface area contributed by atoms with E-state index in [1.807, 2.05) is 0 Å². The first-order valence-electron chi connectivity index (χ1n) is 5.39. The molecule has 1 fully saturated rings. The molecule has 0 atom stereocenters. The van der Waals surface area contributed by atoms with Crippen LogP contribution in [0.15, 0.2) is 29.2 Å². The third kappa shape index (κ3) is 3.49. The molecule has 0 N–H and O–H groups in total. The lowest BCUT2D eigenvalue weighted by Crippen LogP contribution is -2.35. The Labute approximate surface area is 100 Å². The second-order valence-electron chi connectivity index (χ2n) is 3.97. The average molecular weight is 259 g/mol. The molecule has 0 aromatic heterocycles. The van der Waals surface area contributed by atoms with E-state index in [2.05, 4.69) is 4.90 Å². The minimum atomic E-state index is -4.59. The summed E-state index contributed by atoms with van der Waals surface area (Å²) in [6, 6.07) is 5.88. The second kappa shape index (κ2) is 5.12. The van der Waals surface area contributed by atoms with Gasteiger partial charge in [-0.3, -0.25) is 4.90 Å². The zero-order chi connectivity index (χ0) is 12.3. The molecule has 6 heteroatoms. The van der Waals surface area contributed by atoms with Crippen LogP contribution in [-0.4, -0.2) is 39.6 Å². The molecule has 94 valence electrons. The Balaban J connectivity index is 2.03. The van der Waals surface area contributed by atoms with E-state index >= 15 is 0 Å². The largest absolute Gasteiger partial charge is 0.379 e. The van der Waals surface area contributed by atoms with E-state index in [4.69, 9.17) is 4.74 Å². The van der Waals surface area contributed by atoms with Gasteiger partial charge in [-0.25, -0.2) is 0 Å². The molecule has 0 amide bonds. The normalized spacial score (nSPS) is 18.2. The molecule has 0 unspecified atom stereocenters. The van der Waals surface area contributed by atoms with Crippen molar-refractivity contribution in [3.8, 4) is 0 Å². The molecule has 4 nitrogen and oxygen atoms in total. The highest BCUT2D eigenvalue weighted by Gasteiger charge is 2.13. The summed E-state index contributed by atoms with van der Waals surface area (Å²) in [6.07, 6.45) is 0. The smallest absolute Gasteiger partial charge is 0.332 e. The fourth-order valence-corrected chi connectivity index (χ4v) is 2.24. The number of hydrogen-bond acceptors (Lipinski definition) is 4. The Hall–Kier alpha value is -0.980. The van der Waals surface area contributed by atoms with Gasteiger partial charge in [0.15, 0.2) is 0 Å². The zero-order valence-electron chi connectivity index (χ0n) is 9.30. The monoisotopic (exact) mass is 259 g/mol. The molecule has 1 aromatic carbocycles. The molecular weight excluding hydrogens is 245 g/mol. The molecule has 1 aromatic rings. The second-order valence-corrected chi connectivity index (χ2v) is 5.32. The fourth-order valence-electron chi connectivity index (χ4n) is 1.77. The minimum absolute atomic E-state index is 0.289. The highest BCUT2D eigenvalue weighted by atomic mass is 32.3. The van der Waals surface area contributed by atoms with E-state index < -0.39 is 10.2 Å². The van der Waals surface area contributed by atoms with Crippen molar-refractivity contribution < 1.29 is 17.0 Å². The Morgan fingerprint density at radius 2 is 1.76 bits per heavy atom. The quantitative estimate of drug-likeness (QED) is 0.765. The molecule has 1 aliphatic heterocycles. The highest BCUT2D eigenvalue weighted by molar-refractivity contribution is 7.86. The van der Waals surface area contributed by atoms with Crippen LogP contribution in [0.3, 0.4) is 0 Å². The topological polar surface area (TPSA) is 46.6 Å². The summed E-state index contributed by atoms with van der Waals surface area (Å²) in [4.78, 5) is 1.92. The number of ether oxygens (including phenoxy) is 1. The Morgan fingerprint density at radius 1 is 1.18 bits per heavy atom. The molecule has 0 aliphatic carbocycles. The number of nitrogens with zero attached hydrogens (tertiary/aromatic N) is 1. The van der Waals surface area contributed by atoms with Gasteiger partial charge in [-0.15, -0.1) is 3.89 Å². The van der Waals surface area contributed by atoms with Gasteiger partial charge < -0.3 is 4.74 Å². The van der Waals surface area contributed by atoms with Crippen LogP contribution in [0.1, 0.15) is 5.56 Å². The van der Waals surface area contributed by atoms with Crippen molar-refractivity contribution in [3.63, 3.8) is 0 Å². The first-order chi connectivity index (χ1) is 8.05. The Kier molecular flexibility index (Phi) is 3.76. The van der Waals surface area contributed by atoms with Crippen molar-refractivity contribution in [3.05, 3.63) is 29.8 Å². The average Bonchev–Trinajstić information content (AvgIpc) is 2.30. The molecule has 1 saturated heterocycles. The number of halogens is 1. The molecule has 1 aliphatic rings. The van der Waals surface area contributed by atoms with E-state index in [9.17, 15) is 12.3 Å². The van der Waals surface area contributed by atoms with Crippen molar-refractivity contribution in [1.29, 1.82) is 0 Å². The van der Waals surface area contributed by atoms with Crippen LogP contribution in [0.2, 0.25) is 0 Å². The molecule has 17 heavy (non-hydrogen) atoms. The lowest BCUT2D eigenvalue weighted by molar-refractivity contribution is 0.0342. The predicted molar refractivity (Wildman–Crippen MR) is 60.8 cm³/mol. The molecule has 0 spiro atoms. The van der Waals surface area contributed by atoms with Crippen molar-refractivity contribution in [2.24, 2.45) is 0 Å². The predicted octanol–water partition coefficient (Wildman–Crippen LogP) is 1.18. The number of rotatable bonds is 3. The van der Waals surface area contributed by atoms with Crippen LogP contribution in [-0.2, 0) is 21.5 Å². The van der Waals surface area contributed by atoms with Gasteiger partial charge >= 0.3 is 10.2 Å². The summed E-state index contributed by atoms with van der Waals surface area (Å²) in [6.45, 7) is 3.90. The summed E-state index contributed by atoms with van der Waals surface area (Å²) in [5.74, 6) is 0. The van der Waals surface area contributed by atoms with Crippen LogP contribution in [0.5, 0.6) is 0 Å². The van der Waals surface area contributed by atoms with Crippen molar-refractivity contribution in [2.75, 3.05) is 26.3 Å². The third-order valence-corrected chi connectivity index (χ3v) is 3.55. The van der Waals surface area contributed by atoms with Gasteiger partial charge in [0, 0.05) is 19.6 Å². The lowest BCUT2D eigenvalue weighted by atomic mass is 10.2. The van der Waals surface area contributed by atoms with Gasteiger partial charge in [-0.05, 0) is 17.7 Å². The van der Waals surface area contributed by atoms with Gasteiger partial charge in [0.05, 0.1) is 18.1 Å². The van der Waals surface area contributed by atoms with Crippen LogP contribution in [0.4, 0.5) is 3.89 Å². The molecule has 0 saturated carbocycles. The van der Waals surface area contributed by atoms with E-state index in [0.29, 0.717) is 0 Å². The maximum Gasteiger partial charge on any atom is 0.332 e. The summed E-state index contributed by atoms with van der Waals surface area (Å²) in [7, 11) is -4.59. The lowest BCUT2D eigenvalue weighted by Gasteiger charge is -2.26. The van der Waals surface area contributed by atoms with Gasteiger partial charge in [0.2, 0.25) is 0 Å². The summed E-state index contributed by atoms with van der Waals surface area (Å²) < 4.78 is 39.2. The molecule has 0 radical (unpaired) electrons. The fraction of sp³-hybridized carbons (Fsp3) is 0.455. The first-order valence-corrected chi connectivity index (χ1v) is 6.78. The molecule has 2 rings (SSSR count). The van der Waals surface area contributed by atoms with E-state index in [-0.39, 0.29) is 4.90 Å². The summed E-state index contributed by atoms with van der Waals surface area (Å²) in [5.41, 5.74) is 0.972. The maximum atomic E-state index is 12.7. The summed E-state index contributed by atoms with van der Waals surface area (Å²) >= 11 is 0. The van der Waals surface area contributed by atoms with Gasteiger partial charge in [0.25, 0.3) is 0 Å². The maximum absolute atomic E-state index is 12.7. The minimum Gasteiger partial charge on any atom is -0.379 e. The van der Waals surface area contributed by atoms with E-state index in [1.165, 1.54) is 12.1 Å². The van der Waals surface area contributed by atoms with Crippen molar-refractivity contribution >= 4 is 10.2 Å². The van der Waals surface area contributed by atoms with Gasteiger partial charge in [-0.2, -0.15) is 8.42 Å².